The molecular weight excluding hydrogens is 410 g/mol. The second-order valence-corrected chi connectivity index (χ2v) is 7.69. The van der Waals surface area contributed by atoms with Crippen LogP contribution in [-0.2, 0) is 4.79 Å². The number of amides is 2. The lowest BCUT2D eigenvalue weighted by molar-refractivity contribution is -0.117. The number of nitrogens with one attached hydrogen (secondary N) is 1. The van der Waals surface area contributed by atoms with E-state index in [0.29, 0.717) is 22.4 Å². The van der Waals surface area contributed by atoms with Gasteiger partial charge in [-0.05, 0) is 52.7 Å². The van der Waals surface area contributed by atoms with Crippen molar-refractivity contribution < 1.29 is 18.4 Å². The summed E-state index contributed by atoms with van der Waals surface area (Å²) in [6, 6.07) is 21.8. The highest BCUT2D eigenvalue weighted by Crippen LogP contribution is 2.37. The third kappa shape index (κ3) is 3.50. The van der Waals surface area contributed by atoms with Crippen molar-refractivity contribution >= 4 is 28.3 Å². The number of benzene rings is 4. The van der Waals surface area contributed by atoms with Crippen molar-refractivity contribution in [1.82, 2.24) is 4.90 Å². The summed E-state index contributed by atoms with van der Waals surface area (Å²) in [4.78, 5) is 28.0. The van der Waals surface area contributed by atoms with Crippen LogP contribution in [-0.4, -0.2) is 23.3 Å². The minimum absolute atomic E-state index is 0.236. The van der Waals surface area contributed by atoms with Crippen molar-refractivity contribution in [2.75, 3.05) is 11.9 Å². The zero-order chi connectivity index (χ0) is 22.2. The molecular formula is C26H18F2N2O2. The molecule has 6 heteroatoms. The lowest BCUT2D eigenvalue weighted by Gasteiger charge is -2.31. The van der Waals surface area contributed by atoms with Crippen LogP contribution in [0, 0.1) is 11.6 Å². The van der Waals surface area contributed by atoms with Crippen molar-refractivity contribution in [3.63, 3.8) is 0 Å². The first-order chi connectivity index (χ1) is 15.5. The fraction of sp³-hybridized carbons (Fsp3) is 0.0769. The molecule has 0 radical (unpaired) electrons. The summed E-state index contributed by atoms with van der Waals surface area (Å²) < 4.78 is 27.9. The summed E-state index contributed by atoms with van der Waals surface area (Å²) in [5.41, 5.74) is 1.85. The normalized spacial score (nSPS) is 15.8. The van der Waals surface area contributed by atoms with E-state index in [2.05, 4.69) is 5.32 Å². The van der Waals surface area contributed by atoms with E-state index in [1.165, 1.54) is 35.2 Å². The Kier molecular flexibility index (Phi) is 4.90. The minimum Gasteiger partial charge on any atom is -0.324 e. The maximum Gasteiger partial charge on any atom is 0.255 e. The smallest absolute Gasteiger partial charge is 0.255 e. The van der Waals surface area contributed by atoms with Crippen LogP contribution in [0.25, 0.3) is 10.8 Å². The molecule has 0 aliphatic carbocycles. The quantitative estimate of drug-likeness (QED) is 0.471. The van der Waals surface area contributed by atoms with Crippen molar-refractivity contribution in [2.45, 2.75) is 6.04 Å². The van der Waals surface area contributed by atoms with E-state index < -0.39 is 23.6 Å². The van der Waals surface area contributed by atoms with E-state index in [9.17, 15) is 18.4 Å². The van der Waals surface area contributed by atoms with Crippen LogP contribution in [0.2, 0.25) is 0 Å². The number of rotatable bonds is 2. The lowest BCUT2D eigenvalue weighted by atomic mass is 9.94. The van der Waals surface area contributed by atoms with Crippen LogP contribution >= 0.6 is 0 Å². The zero-order valence-corrected chi connectivity index (χ0v) is 16.9. The first-order valence-electron chi connectivity index (χ1n) is 10.1. The molecule has 0 saturated heterocycles. The molecule has 1 unspecified atom stereocenters. The van der Waals surface area contributed by atoms with Gasteiger partial charge in [-0.1, -0.05) is 48.5 Å². The molecule has 1 N–H and O–H groups in total. The van der Waals surface area contributed by atoms with E-state index in [1.807, 2.05) is 30.3 Å². The van der Waals surface area contributed by atoms with Crippen LogP contribution in [0.5, 0.6) is 0 Å². The largest absolute Gasteiger partial charge is 0.324 e. The summed E-state index contributed by atoms with van der Waals surface area (Å²) in [6.07, 6.45) is 0. The van der Waals surface area contributed by atoms with Crippen molar-refractivity contribution in [1.29, 1.82) is 0 Å². The Morgan fingerprint density at radius 2 is 1.59 bits per heavy atom. The standard InChI is InChI=1S/C26H18F2N2O2/c27-18-10-8-17(9-11-18)25-22-14-19(28)12-13-23(22)29-24(31)15-30(25)26(32)21-7-3-5-16-4-1-2-6-20(16)21/h1-14,25H,15H2,(H,29,31). The lowest BCUT2D eigenvalue weighted by Crippen LogP contribution is -2.39. The molecule has 1 atom stereocenters. The van der Waals surface area contributed by atoms with Gasteiger partial charge in [-0.3, -0.25) is 9.59 Å². The average Bonchev–Trinajstić information content (AvgIpc) is 2.94. The third-order valence-electron chi connectivity index (χ3n) is 5.67. The van der Waals surface area contributed by atoms with Gasteiger partial charge in [0.25, 0.3) is 5.91 Å². The Labute approximate surface area is 183 Å². The molecule has 158 valence electrons. The zero-order valence-electron chi connectivity index (χ0n) is 16.9. The second kappa shape index (κ2) is 7.89. The number of nitrogens with zero attached hydrogens (tertiary/aromatic N) is 1. The molecule has 0 bridgehead atoms. The summed E-state index contributed by atoms with van der Waals surface area (Å²) in [6.45, 7) is -0.236. The van der Waals surface area contributed by atoms with Gasteiger partial charge in [-0.25, -0.2) is 8.78 Å². The number of anilines is 1. The highest BCUT2D eigenvalue weighted by molar-refractivity contribution is 6.09. The Balaban J connectivity index is 1.71. The average molecular weight is 428 g/mol. The van der Waals surface area contributed by atoms with E-state index >= 15 is 0 Å². The van der Waals surface area contributed by atoms with E-state index in [1.54, 1.807) is 24.3 Å². The van der Waals surface area contributed by atoms with Crippen molar-refractivity contribution in [3.05, 3.63) is 113 Å². The Morgan fingerprint density at radius 1 is 0.875 bits per heavy atom. The van der Waals surface area contributed by atoms with Gasteiger partial charge in [0.15, 0.2) is 0 Å². The second-order valence-electron chi connectivity index (χ2n) is 7.69. The SMILES string of the molecule is O=C1CN(C(=O)c2cccc3ccccc23)C(c2ccc(F)cc2)c2cc(F)ccc2N1. The summed E-state index contributed by atoms with van der Waals surface area (Å²) in [7, 11) is 0. The maximum atomic E-state index is 14.3. The van der Waals surface area contributed by atoms with Crippen LogP contribution in [0.4, 0.5) is 14.5 Å². The van der Waals surface area contributed by atoms with Crippen LogP contribution < -0.4 is 5.32 Å². The monoisotopic (exact) mass is 428 g/mol. The molecule has 2 amide bonds. The number of hydrogen-bond acceptors (Lipinski definition) is 2. The molecule has 32 heavy (non-hydrogen) atoms. The fourth-order valence-corrected chi connectivity index (χ4v) is 4.24. The maximum absolute atomic E-state index is 14.3. The Bertz CT molecular complexity index is 1350. The van der Waals surface area contributed by atoms with Crippen LogP contribution in [0.3, 0.4) is 0 Å². The molecule has 0 spiro atoms. The Hall–Kier alpha value is -4.06. The molecule has 4 nitrogen and oxygen atoms in total. The number of hydrogen-bond donors (Lipinski definition) is 1. The van der Waals surface area contributed by atoms with Gasteiger partial charge >= 0.3 is 0 Å². The molecule has 4 aromatic carbocycles. The molecule has 4 aromatic rings. The van der Waals surface area contributed by atoms with Gasteiger partial charge in [0, 0.05) is 16.8 Å². The van der Waals surface area contributed by atoms with E-state index in [0.717, 1.165) is 10.8 Å². The van der Waals surface area contributed by atoms with Crippen molar-refractivity contribution in [3.8, 4) is 0 Å². The highest BCUT2D eigenvalue weighted by atomic mass is 19.1. The summed E-state index contributed by atoms with van der Waals surface area (Å²) in [5.74, 6) is -1.69. The molecule has 1 aliphatic rings. The fourth-order valence-electron chi connectivity index (χ4n) is 4.24. The Morgan fingerprint density at radius 3 is 2.41 bits per heavy atom. The van der Waals surface area contributed by atoms with Crippen LogP contribution in [0.15, 0.2) is 84.9 Å². The van der Waals surface area contributed by atoms with Crippen LogP contribution in [0.1, 0.15) is 27.5 Å². The third-order valence-corrected chi connectivity index (χ3v) is 5.67. The summed E-state index contributed by atoms with van der Waals surface area (Å²) >= 11 is 0. The first kappa shape index (κ1) is 19.9. The molecule has 0 aromatic heterocycles. The van der Waals surface area contributed by atoms with Gasteiger partial charge in [0.05, 0.1) is 6.04 Å². The summed E-state index contributed by atoms with van der Waals surface area (Å²) in [5, 5.41) is 4.40. The molecule has 1 aliphatic heterocycles. The highest BCUT2D eigenvalue weighted by Gasteiger charge is 2.34. The van der Waals surface area contributed by atoms with Gasteiger partial charge in [0.1, 0.15) is 18.2 Å². The van der Waals surface area contributed by atoms with E-state index in [4.69, 9.17) is 0 Å². The molecule has 5 rings (SSSR count). The topological polar surface area (TPSA) is 49.4 Å². The molecule has 0 saturated carbocycles. The number of fused-ring (bicyclic) bond motifs is 2. The van der Waals surface area contributed by atoms with Gasteiger partial charge in [-0.2, -0.15) is 0 Å². The minimum atomic E-state index is -0.785. The number of carbonyl (C=O) groups is 2. The number of halogens is 2. The van der Waals surface area contributed by atoms with E-state index in [-0.39, 0.29) is 12.5 Å². The van der Waals surface area contributed by atoms with Crippen molar-refractivity contribution in [2.24, 2.45) is 0 Å². The first-order valence-corrected chi connectivity index (χ1v) is 10.1. The van der Waals surface area contributed by atoms with Gasteiger partial charge in [0.2, 0.25) is 5.91 Å². The predicted molar refractivity (Wildman–Crippen MR) is 118 cm³/mol. The van der Waals surface area contributed by atoms with Gasteiger partial charge < -0.3 is 10.2 Å². The molecule has 0 fully saturated rings. The van der Waals surface area contributed by atoms with Gasteiger partial charge in [-0.15, -0.1) is 0 Å². The predicted octanol–water partition coefficient (Wildman–Crippen LogP) is 5.30. The molecule has 1 heterocycles. The number of carbonyl (C=O) groups excluding carboxylic acids is 2.